The van der Waals surface area contributed by atoms with Gasteiger partial charge < -0.3 is 5.32 Å². The lowest BCUT2D eigenvalue weighted by atomic mass is 10.0. The number of piperazine rings is 1. The highest BCUT2D eigenvalue weighted by Crippen LogP contribution is 2.16. The molecule has 1 rings (SSSR count). The molecular weight excluding hydrogens is 210 g/mol. The molecule has 0 bridgehead atoms. The maximum absolute atomic E-state index is 3.83. The van der Waals surface area contributed by atoms with E-state index in [4.69, 9.17) is 0 Å². The zero-order valence-corrected chi connectivity index (χ0v) is 11.4. The summed E-state index contributed by atoms with van der Waals surface area (Å²) >= 11 is 0. The molecule has 1 N–H and O–H groups in total. The first-order valence-corrected chi connectivity index (χ1v) is 6.50. The van der Waals surface area contributed by atoms with Gasteiger partial charge in [-0.2, -0.15) is 0 Å². The van der Waals surface area contributed by atoms with E-state index in [9.17, 15) is 0 Å². The molecule has 0 radical (unpaired) electrons. The minimum atomic E-state index is 0.216. The molecule has 17 heavy (non-hydrogen) atoms. The summed E-state index contributed by atoms with van der Waals surface area (Å²) in [4.78, 5) is 4.96. The van der Waals surface area contributed by atoms with Gasteiger partial charge in [0.25, 0.3) is 0 Å². The quantitative estimate of drug-likeness (QED) is 0.674. The third-order valence-corrected chi connectivity index (χ3v) is 3.36. The van der Waals surface area contributed by atoms with Crippen LogP contribution in [0, 0.1) is 0 Å². The molecule has 0 spiro atoms. The summed E-state index contributed by atoms with van der Waals surface area (Å²) in [5.74, 6) is 0. The molecule has 1 aliphatic heterocycles. The fourth-order valence-corrected chi connectivity index (χ4v) is 2.49. The van der Waals surface area contributed by atoms with Crippen LogP contribution in [0.1, 0.15) is 13.8 Å². The minimum Gasteiger partial charge on any atom is -0.314 e. The third-order valence-electron chi connectivity index (χ3n) is 3.36. The summed E-state index contributed by atoms with van der Waals surface area (Å²) in [5, 5.41) is 3.40. The summed E-state index contributed by atoms with van der Waals surface area (Å²) in [6.45, 7) is 19.7. The lowest BCUT2D eigenvalue weighted by Crippen LogP contribution is -2.57. The third kappa shape index (κ3) is 4.62. The molecule has 0 aromatic carbocycles. The molecule has 1 heterocycles. The van der Waals surface area contributed by atoms with Crippen LogP contribution in [0.4, 0.5) is 0 Å². The van der Waals surface area contributed by atoms with Crippen molar-refractivity contribution in [2.75, 3.05) is 45.8 Å². The molecule has 0 aromatic rings. The van der Waals surface area contributed by atoms with Crippen LogP contribution in [0.3, 0.4) is 0 Å². The van der Waals surface area contributed by atoms with E-state index in [0.29, 0.717) is 0 Å². The zero-order chi connectivity index (χ0) is 12.7. The first-order chi connectivity index (χ1) is 8.10. The highest BCUT2D eigenvalue weighted by Gasteiger charge is 2.29. The predicted molar refractivity (Wildman–Crippen MR) is 75.4 cm³/mol. The van der Waals surface area contributed by atoms with E-state index in [2.05, 4.69) is 42.1 Å². The fourth-order valence-electron chi connectivity index (χ4n) is 2.49. The number of hydrogen-bond acceptors (Lipinski definition) is 3. The highest BCUT2D eigenvalue weighted by atomic mass is 15.3. The molecule has 0 amide bonds. The number of nitrogens with one attached hydrogen (secondary N) is 1. The Labute approximate surface area is 106 Å². The van der Waals surface area contributed by atoms with E-state index >= 15 is 0 Å². The SMILES string of the molecule is C=CCN(CC=C)CC(C)(C)N1CCNCC1. The van der Waals surface area contributed by atoms with Crippen LogP contribution in [-0.4, -0.2) is 61.2 Å². The van der Waals surface area contributed by atoms with Gasteiger partial charge in [-0.15, -0.1) is 13.2 Å². The van der Waals surface area contributed by atoms with E-state index in [0.717, 1.165) is 45.8 Å². The van der Waals surface area contributed by atoms with E-state index in [1.807, 2.05) is 12.2 Å². The van der Waals surface area contributed by atoms with Crippen molar-refractivity contribution in [2.45, 2.75) is 19.4 Å². The van der Waals surface area contributed by atoms with Crippen molar-refractivity contribution < 1.29 is 0 Å². The standard InChI is InChI=1S/C14H27N3/c1-5-9-16(10-6-2)13-14(3,4)17-11-7-15-8-12-17/h5-6,15H,1-2,7-13H2,3-4H3. The Balaban J connectivity index is 2.54. The smallest absolute Gasteiger partial charge is 0.0281 e. The second kappa shape index (κ2) is 6.94. The number of hydrogen-bond donors (Lipinski definition) is 1. The van der Waals surface area contributed by atoms with Crippen molar-refractivity contribution in [3.05, 3.63) is 25.3 Å². The van der Waals surface area contributed by atoms with E-state index in [1.165, 1.54) is 0 Å². The van der Waals surface area contributed by atoms with Crippen molar-refractivity contribution in [3.8, 4) is 0 Å². The Morgan fingerprint density at radius 3 is 2.18 bits per heavy atom. The summed E-state index contributed by atoms with van der Waals surface area (Å²) < 4.78 is 0. The van der Waals surface area contributed by atoms with Crippen molar-refractivity contribution in [1.29, 1.82) is 0 Å². The molecule has 0 saturated carbocycles. The molecule has 0 aliphatic carbocycles. The largest absolute Gasteiger partial charge is 0.314 e. The van der Waals surface area contributed by atoms with Gasteiger partial charge >= 0.3 is 0 Å². The molecule has 1 fully saturated rings. The molecule has 0 atom stereocenters. The summed E-state index contributed by atoms with van der Waals surface area (Å²) in [5.41, 5.74) is 0.216. The number of rotatable bonds is 7. The van der Waals surface area contributed by atoms with Gasteiger partial charge in [0, 0.05) is 51.4 Å². The molecule has 3 nitrogen and oxygen atoms in total. The Morgan fingerprint density at radius 2 is 1.71 bits per heavy atom. The summed E-state index contributed by atoms with van der Waals surface area (Å²) in [6.07, 6.45) is 3.94. The van der Waals surface area contributed by atoms with Crippen molar-refractivity contribution in [1.82, 2.24) is 15.1 Å². The minimum absolute atomic E-state index is 0.216. The van der Waals surface area contributed by atoms with Crippen LogP contribution in [0.5, 0.6) is 0 Å². The van der Waals surface area contributed by atoms with Crippen LogP contribution in [0.25, 0.3) is 0 Å². The Hall–Kier alpha value is -0.640. The summed E-state index contributed by atoms with van der Waals surface area (Å²) in [6, 6.07) is 0. The van der Waals surface area contributed by atoms with Gasteiger partial charge in [0.15, 0.2) is 0 Å². The Kier molecular flexibility index (Phi) is 5.89. The maximum atomic E-state index is 3.83. The van der Waals surface area contributed by atoms with Crippen molar-refractivity contribution in [3.63, 3.8) is 0 Å². The lowest BCUT2D eigenvalue weighted by Gasteiger charge is -2.43. The monoisotopic (exact) mass is 237 g/mol. The van der Waals surface area contributed by atoms with Gasteiger partial charge in [0.1, 0.15) is 0 Å². The zero-order valence-electron chi connectivity index (χ0n) is 11.4. The molecule has 0 aromatic heterocycles. The second-order valence-corrected chi connectivity index (χ2v) is 5.32. The molecule has 3 heteroatoms. The van der Waals surface area contributed by atoms with Crippen LogP contribution in [-0.2, 0) is 0 Å². The molecule has 1 aliphatic rings. The van der Waals surface area contributed by atoms with Crippen molar-refractivity contribution >= 4 is 0 Å². The van der Waals surface area contributed by atoms with Gasteiger partial charge in [0.05, 0.1) is 0 Å². The fraction of sp³-hybridized carbons (Fsp3) is 0.714. The van der Waals surface area contributed by atoms with Crippen LogP contribution in [0.15, 0.2) is 25.3 Å². The Bertz CT molecular complexity index is 232. The van der Waals surface area contributed by atoms with Crippen molar-refractivity contribution in [2.24, 2.45) is 0 Å². The van der Waals surface area contributed by atoms with Crippen LogP contribution < -0.4 is 5.32 Å². The normalized spacial score (nSPS) is 18.3. The first-order valence-electron chi connectivity index (χ1n) is 6.50. The molecule has 1 saturated heterocycles. The summed E-state index contributed by atoms with van der Waals surface area (Å²) in [7, 11) is 0. The lowest BCUT2D eigenvalue weighted by molar-refractivity contribution is 0.0704. The van der Waals surface area contributed by atoms with Gasteiger partial charge in [-0.25, -0.2) is 0 Å². The average Bonchev–Trinajstić information content (AvgIpc) is 2.30. The molecule has 0 unspecified atom stereocenters. The van der Waals surface area contributed by atoms with Crippen LogP contribution in [0.2, 0.25) is 0 Å². The predicted octanol–water partition coefficient (Wildman–Crippen LogP) is 1.34. The van der Waals surface area contributed by atoms with Gasteiger partial charge in [0.2, 0.25) is 0 Å². The van der Waals surface area contributed by atoms with E-state index in [1.54, 1.807) is 0 Å². The highest BCUT2D eigenvalue weighted by molar-refractivity contribution is 4.90. The number of nitrogens with zero attached hydrogens (tertiary/aromatic N) is 2. The maximum Gasteiger partial charge on any atom is 0.0281 e. The van der Waals surface area contributed by atoms with Gasteiger partial charge in [-0.05, 0) is 13.8 Å². The molecule has 98 valence electrons. The molecular formula is C14H27N3. The van der Waals surface area contributed by atoms with Gasteiger partial charge in [-0.1, -0.05) is 12.2 Å². The van der Waals surface area contributed by atoms with E-state index in [-0.39, 0.29) is 5.54 Å². The topological polar surface area (TPSA) is 18.5 Å². The average molecular weight is 237 g/mol. The van der Waals surface area contributed by atoms with E-state index < -0.39 is 0 Å². The Morgan fingerprint density at radius 1 is 1.18 bits per heavy atom. The van der Waals surface area contributed by atoms with Gasteiger partial charge in [-0.3, -0.25) is 9.80 Å². The van der Waals surface area contributed by atoms with Crippen LogP contribution >= 0.6 is 0 Å². The first kappa shape index (κ1) is 14.4. The second-order valence-electron chi connectivity index (χ2n) is 5.32.